The van der Waals surface area contributed by atoms with Crippen molar-refractivity contribution in [2.75, 3.05) is 10.2 Å². The third-order valence-corrected chi connectivity index (χ3v) is 4.45. The summed E-state index contributed by atoms with van der Waals surface area (Å²) < 4.78 is 5.12. The Balaban J connectivity index is 1.81. The maximum atomic E-state index is 12.7. The maximum Gasteiger partial charge on any atom is 0.338 e. The molecule has 0 aliphatic carbocycles. The lowest BCUT2D eigenvalue weighted by Crippen LogP contribution is -2.32. The molecule has 0 spiro atoms. The van der Waals surface area contributed by atoms with Gasteiger partial charge in [0.2, 0.25) is 0 Å². The van der Waals surface area contributed by atoms with Crippen LogP contribution in [-0.4, -0.2) is 23.9 Å². The minimum Gasteiger partial charge on any atom is -0.459 e. The number of rotatable bonds is 5. The summed E-state index contributed by atoms with van der Waals surface area (Å²) >= 11 is 11.9. The average Bonchev–Trinajstić information content (AvgIpc) is 2.86. The molecule has 0 bridgehead atoms. The van der Waals surface area contributed by atoms with Crippen molar-refractivity contribution in [3.05, 3.63) is 69.8 Å². The molecule has 8 heteroatoms. The number of imide groups is 1. The molecule has 1 aliphatic rings. The van der Waals surface area contributed by atoms with Crippen molar-refractivity contribution in [1.29, 1.82) is 0 Å². The highest BCUT2D eigenvalue weighted by atomic mass is 35.5. The number of amides is 2. The number of esters is 1. The fourth-order valence-electron chi connectivity index (χ4n) is 2.55. The van der Waals surface area contributed by atoms with Crippen LogP contribution in [0.25, 0.3) is 0 Å². The smallest absolute Gasteiger partial charge is 0.338 e. The van der Waals surface area contributed by atoms with E-state index in [-0.39, 0.29) is 16.8 Å². The van der Waals surface area contributed by atoms with E-state index in [2.05, 4.69) is 5.32 Å². The van der Waals surface area contributed by atoms with Crippen molar-refractivity contribution >= 4 is 52.4 Å². The molecule has 144 valence electrons. The maximum absolute atomic E-state index is 12.7. The van der Waals surface area contributed by atoms with Crippen molar-refractivity contribution in [2.45, 2.75) is 20.0 Å². The second kappa shape index (κ2) is 8.04. The number of ether oxygens (including phenoxy) is 1. The fraction of sp³-hybridized carbons (Fsp3) is 0.150. The molecule has 0 saturated heterocycles. The first-order valence-electron chi connectivity index (χ1n) is 8.40. The van der Waals surface area contributed by atoms with Crippen molar-refractivity contribution in [1.82, 2.24) is 0 Å². The molecule has 1 heterocycles. The van der Waals surface area contributed by atoms with Gasteiger partial charge >= 0.3 is 5.97 Å². The Morgan fingerprint density at radius 1 is 0.964 bits per heavy atom. The summed E-state index contributed by atoms with van der Waals surface area (Å²) in [6.45, 7) is 3.49. The summed E-state index contributed by atoms with van der Waals surface area (Å²) in [5.74, 6) is -1.73. The number of carbonyl (C=O) groups is 3. The minimum atomic E-state index is -0.652. The minimum absolute atomic E-state index is 0.0303. The van der Waals surface area contributed by atoms with Gasteiger partial charge in [-0.15, -0.1) is 0 Å². The van der Waals surface area contributed by atoms with Gasteiger partial charge in [-0.3, -0.25) is 9.59 Å². The van der Waals surface area contributed by atoms with Crippen LogP contribution in [0.2, 0.25) is 5.02 Å². The summed E-state index contributed by atoms with van der Waals surface area (Å²) in [6.07, 6.45) is -0.251. The Morgan fingerprint density at radius 3 is 2.14 bits per heavy atom. The van der Waals surface area contributed by atoms with Crippen molar-refractivity contribution in [3.63, 3.8) is 0 Å². The topological polar surface area (TPSA) is 75.7 Å². The molecule has 0 unspecified atom stereocenters. The zero-order valence-corrected chi connectivity index (χ0v) is 16.5. The number of hydrogen-bond acceptors (Lipinski definition) is 5. The van der Waals surface area contributed by atoms with Crippen molar-refractivity contribution < 1.29 is 19.1 Å². The zero-order chi connectivity index (χ0) is 20.4. The van der Waals surface area contributed by atoms with Gasteiger partial charge in [0.25, 0.3) is 11.8 Å². The van der Waals surface area contributed by atoms with Crippen LogP contribution in [0, 0.1) is 0 Å². The van der Waals surface area contributed by atoms with E-state index in [4.69, 9.17) is 27.9 Å². The Hall–Kier alpha value is -2.83. The van der Waals surface area contributed by atoms with E-state index in [1.165, 1.54) is 24.3 Å². The van der Waals surface area contributed by atoms with Crippen LogP contribution in [0.5, 0.6) is 0 Å². The average molecular weight is 419 g/mol. The third kappa shape index (κ3) is 4.03. The predicted molar refractivity (Wildman–Crippen MR) is 107 cm³/mol. The lowest BCUT2D eigenvalue weighted by atomic mass is 10.2. The molecule has 3 rings (SSSR count). The molecule has 0 atom stereocenters. The van der Waals surface area contributed by atoms with Crippen LogP contribution >= 0.6 is 23.2 Å². The zero-order valence-electron chi connectivity index (χ0n) is 15.0. The monoisotopic (exact) mass is 418 g/mol. The Morgan fingerprint density at radius 2 is 1.57 bits per heavy atom. The molecular formula is C20H16Cl2N2O4. The largest absolute Gasteiger partial charge is 0.459 e. The summed E-state index contributed by atoms with van der Waals surface area (Å²) in [6, 6.07) is 12.6. The summed E-state index contributed by atoms with van der Waals surface area (Å²) in [5.41, 5.74) is 1.14. The molecule has 0 aromatic heterocycles. The second-order valence-electron chi connectivity index (χ2n) is 6.27. The molecular weight excluding hydrogens is 403 g/mol. The van der Waals surface area contributed by atoms with Gasteiger partial charge in [0.1, 0.15) is 10.7 Å². The van der Waals surface area contributed by atoms with E-state index >= 15 is 0 Å². The van der Waals surface area contributed by atoms with Crippen LogP contribution in [0.3, 0.4) is 0 Å². The van der Waals surface area contributed by atoms with E-state index in [0.717, 1.165) is 4.90 Å². The van der Waals surface area contributed by atoms with Gasteiger partial charge < -0.3 is 10.1 Å². The van der Waals surface area contributed by atoms with Gasteiger partial charge in [0.15, 0.2) is 0 Å². The first kappa shape index (κ1) is 19.9. The molecule has 0 fully saturated rings. The van der Waals surface area contributed by atoms with Crippen LogP contribution in [0.4, 0.5) is 11.4 Å². The van der Waals surface area contributed by atoms with E-state index in [0.29, 0.717) is 22.0 Å². The quantitative estimate of drug-likeness (QED) is 0.577. The van der Waals surface area contributed by atoms with Gasteiger partial charge in [-0.2, -0.15) is 0 Å². The number of benzene rings is 2. The normalized spacial score (nSPS) is 14.1. The van der Waals surface area contributed by atoms with E-state index in [1.807, 2.05) is 0 Å². The SMILES string of the molecule is CC(C)OC(=O)c1ccc(N2C(=O)C(Cl)=C(Nc3ccc(Cl)cc3)C2=O)cc1. The first-order chi connectivity index (χ1) is 13.3. The number of nitrogens with one attached hydrogen (secondary N) is 1. The van der Waals surface area contributed by atoms with Gasteiger partial charge in [0, 0.05) is 10.7 Å². The van der Waals surface area contributed by atoms with Gasteiger partial charge in [-0.25, -0.2) is 9.69 Å². The van der Waals surface area contributed by atoms with Gasteiger partial charge in [-0.1, -0.05) is 23.2 Å². The lowest BCUT2D eigenvalue weighted by Gasteiger charge is -2.16. The highest BCUT2D eigenvalue weighted by molar-refractivity contribution is 6.53. The Kier molecular flexibility index (Phi) is 5.72. The van der Waals surface area contributed by atoms with Crippen LogP contribution in [0.15, 0.2) is 59.3 Å². The summed E-state index contributed by atoms with van der Waals surface area (Å²) in [4.78, 5) is 38.1. The molecule has 2 amide bonds. The van der Waals surface area contributed by atoms with E-state index < -0.39 is 17.8 Å². The van der Waals surface area contributed by atoms with Crippen LogP contribution in [-0.2, 0) is 14.3 Å². The van der Waals surface area contributed by atoms with Crippen molar-refractivity contribution in [2.24, 2.45) is 0 Å². The lowest BCUT2D eigenvalue weighted by molar-refractivity contribution is -0.120. The molecule has 1 aliphatic heterocycles. The first-order valence-corrected chi connectivity index (χ1v) is 9.15. The highest BCUT2D eigenvalue weighted by Crippen LogP contribution is 2.30. The summed E-state index contributed by atoms with van der Waals surface area (Å²) in [5, 5.41) is 3.17. The molecule has 0 radical (unpaired) electrons. The fourth-order valence-corrected chi connectivity index (χ4v) is 2.89. The second-order valence-corrected chi connectivity index (χ2v) is 7.08. The van der Waals surface area contributed by atoms with Crippen LogP contribution < -0.4 is 10.2 Å². The van der Waals surface area contributed by atoms with Gasteiger partial charge in [-0.05, 0) is 62.4 Å². The number of hydrogen-bond donors (Lipinski definition) is 1. The Labute approximate surface area is 171 Å². The number of halogens is 2. The van der Waals surface area contributed by atoms with E-state index in [9.17, 15) is 14.4 Å². The van der Waals surface area contributed by atoms with Gasteiger partial charge in [0.05, 0.1) is 17.4 Å². The van der Waals surface area contributed by atoms with Crippen molar-refractivity contribution in [3.8, 4) is 0 Å². The predicted octanol–water partition coefficient (Wildman–Crippen LogP) is 4.34. The number of nitrogens with zero attached hydrogens (tertiary/aromatic N) is 1. The molecule has 6 nitrogen and oxygen atoms in total. The molecule has 2 aromatic rings. The van der Waals surface area contributed by atoms with E-state index in [1.54, 1.807) is 38.1 Å². The Bertz CT molecular complexity index is 967. The number of carbonyl (C=O) groups excluding carboxylic acids is 3. The summed E-state index contributed by atoms with van der Waals surface area (Å²) in [7, 11) is 0. The van der Waals surface area contributed by atoms with Crippen LogP contribution in [0.1, 0.15) is 24.2 Å². The molecule has 28 heavy (non-hydrogen) atoms. The molecule has 2 aromatic carbocycles. The molecule has 0 saturated carbocycles. The third-order valence-electron chi connectivity index (χ3n) is 3.84. The molecule has 1 N–H and O–H groups in total. The number of anilines is 2. The highest BCUT2D eigenvalue weighted by Gasteiger charge is 2.39. The standard InChI is InChI=1S/C20H16Cl2N2O4/c1-11(2)28-20(27)12-3-9-15(10-4-12)24-18(25)16(22)17(19(24)26)23-14-7-5-13(21)6-8-14/h3-11,23H,1-2H3.